The summed E-state index contributed by atoms with van der Waals surface area (Å²) in [5, 5.41) is 15.2. The largest absolute Gasteiger partial charge is 0.492 e. The molecule has 1 aliphatic heterocycles. The zero-order chi connectivity index (χ0) is 42.4. The molecule has 4 saturated carbocycles. The number of pyridine rings is 1. The van der Waals surface area contributed by atoms with E-state index >= 15 is 8.78 Å². The van der Waals surface area contributed by atoms with E-state index in [0.29, 0.717) is 50.0 Å². The number of esters is 2. The highest BCUT2D eigenvalue weighted by atomic mass is 19.1. The van der Waals surface area contributed by atoms with E-state index in [1.54, 1.807) is 38.3 Å². The number of benzene rings is 1. The van der Waals surface area contributed by atoms with Gasteiger partial charge in [-0.3, -0.25) is 19.2 Å². The molecule has 9 atom stereocenters. The van der Waals surface area contributed by atoms with Crippen LogP contribution in [0.1, 0.15) is 102 Å². The number of nitrogens with zero attached hydrogens (tertiary/aromatic N) is 2. The van der Waals surface area contributed by atoms with Crippen molar-refractivity contribution in [2.45, 2.75) is 115 Å². The van der Waals surface area contributed by atoms with Gasteiger partial charge >= 0.3 is 11.9 Å². The number of ketones is 2. The molecule has 2 heterocycles. The number of rotatable bonds is 10. The quantitative estimate of drug-likeness (QED) is 0.284. The molecule has 2 N–H and O–H groups in total. The Morgan fingerprint density at radius 1 is 1.10 bits per heavy atom. The molecule has 5 aliphatic carbocycles. The van der Waals surface area contributed by atoms with Crippen LogP contribution in [0.3, 0.4) is 0 Å². The Kier molecular flexibility index (Phi) is 10.2. The van der Waals surface area contributed by atoms with Gasteiger partial charge in [-0.1, -0.05) is 32.4 Å². The molecule has 0 radical (unpaired) electrons. The average Bonchev–Trinajstić information content (AvgIpc) is 4.01. The summed E-state index contributed by atoms with van der Waals surface area (Å²) in [6.07, 6.45) is 6.86. The van der Waals surface area contributed by atoms with Crippen molar-refractivity contribution in [3.8, 4) is 5.75 Å². The van der Waals surface area contributed by atoms with Gasteiger partial charge in [0.1, 0.15) is 11.3 Å². The average molecular weight is 820 g/mol. The first-order valence-electron chi connectivity index (χ1n) is 21.1. The highest BCUT2D eigenvalue weighted by molar-refractivity contribution is 6.02. The summed E-state index contributed by atoms with van der Waals surface area (Å²) >= 11 is 0. The van der Waals surface area contributed by atoms with Gasteiger partial charge in [-0.2, -0.15) is 0 Å². The van der Waals surface area contributed by atoms with E-state index in [0.717, 1.165) is 18.9 Å². The number of aliphatic hydroxyl groups excluding tert-OH is 1. The molecule has 1 aromatic heterocycles. The maximum absolute atomic E-state index is 17.9. The van der Waals surface area contributed by atoms with Crippen LogP contribution in [0.5, 0.6) is 5.75 Å². The summed E-state index contributed by atoms with van der Waals surface area (Å²) in [6.45, 7) is 9.82. The molecule has 1 aromatic carbocycles. The molecular formula is C45H55F2N3O9. The lowest BCUT2D eigenvalue weighted by Gasteiger charge is -2.62. The minimum Gasteiger partial charge on any atom is -0.492 e. The number of piperazine rings is 1. The van der Waals surface area contributed by atoms with Crippen molar-refractivity contribution in [3.63, 3.8) is 0 Å². The van der Waals surface area contributed by atoms with E-state index in [2.05, 4.69) is 5.32 Å². The molecule has 59 heavy (non-hydrogen) atoms. The third kappa shape index (κ3) is 6.04. The van der Waals surface area contributed by atoms with E-state index < -0.39 is 87.1 Å². The van der Waals surface area contributed by atoms with Gasteiger partial charge in [-0.15, -0.1) is 0 Å². The van der Waals surface area contributed by atoms with Crippen LogP contribution >= 0.6 is 0 Å². The SMILES string of the molecule is CCCC(=O)O[C@@]1(C(=O)COC(=O)c2cn(C3CC3)c3c(OC)c(N4CCNC(C)C4)c(F)cc3c2=O)[C@H](C)C[C@@H]2[C@H]3CCC4=CC(=O)C=C[C@@]4(C)[C@]3(F)[C@H](O)C[C@]21C. The Bertz CT molecular complexity index is 2250. The lowest BCUT2D eigenvalue weighted by Crippen LogP contribution is -2.70. The molecule has 1 saturated heterocycles. The number of methoxy groups -OCH3 is 1. The molecule has 12 nitrogen and oxygen atoms in total. The van der Waals surface area contributed by atoms with E-state index in [4.69, 9.17) is 14.2 Å². The fourth-order valence-electron chi connectivity index (χ4n) is 12.0. The Hall–Kier alpha value is -4.43. The van der Waals surface area contributed by atoms with Crippen LogP contribution in [-0.4, -0.2) is 89.9 Å². The first-order valence-corrected chi connectivity index (χ1v) is 21.1. The highest BCUT2D eigenvalue weighted by Gasteiger charge is 2.77. The number of aliphatic hydroxyl groups is 1. The summed E-state index contributed by atoms with van der Waals surface area (Å²) in [5.41, 5.74) is -6.58. The second-order valence-corrected chi connectivity index (χ2v) is 18.3. The van der Waals surface area contributed by atoms with Crippen LogP contribution in [-0.2, 0) is 23.9 Å². The van der Waals surface area contributed by atoms with E-state index in [1.807, 2.05) is 11.8 Å². The molecule has 0 spiro atoms. The number of anilines is 1. The second-order valence-electron chi connectivity index (χ2n) is 18.3. The van der Waals surface area contributed by atoms with Gasteiger partial charge in [-0.05, 0) is 82.9 Å². The van der Waals surface area contributed by atoms with Gasteiger partial charge in [0.05, 0.1) is 24.1 Å². The number of carbonyl (C=O) groups excluding carboxylic acids is 4. The number of aromatic nitrogens is 1. The number of alkyl halides is 1. The number of ether oxygens (including phenoxy) is 3. The van der Waals surface area contributed by atoms with Gasteiger partial charge in [0.25, 0.3) is 0 Å². The molecule has 8 rings (SSSR count). The van der Waals surface area contributed by atoms with Crippen molar-refractivity contribution in [3.05, 3.63) is 57.7 Å². The predicted octanol–water partition coefficient (Wildman–Crippen LogP) is 5.71. The molecule has 0 amide bonds. The van der Waals surface area contributed by atoms with Gasteiger partial charge < -0.3 is 34.1 Å². The van der Waals surface area contributed by atoms with Crippen LogP contribution in [0.4, 0.5) is 14.5 Å². The Balaban J connectivity index is 1.13. The number of allylic oxidation sites excluding steroid dienone is 4. The fraction of sp³-hybridized carbons (Fsp3) is 0.622. The molecule has 318 valence electrons. The number of fused-ring (bicyclic) bond motifs is 6. The number of hydrogen-bond acceptors (Lipinski definition) is 11. The minimum absolute atomic E-state index is 0.000423. The predicted molar refractivity (Wildman–Crippen MR) is 215 cm³/mol. The summed E-state index contributed by atoms with van der Waals surface area (Å²) in [6, 6.07) is 1.14. The van der Waals surface area contributed by atoms with Crippen molar-refractivity contribution in [2.24, 2.45) is 28.6 Å². The number of carbonyl (C=O) groups is 4. The fourth-order valence-corrected chi connectivity index (χ4v) is 12.0. The zero-order valence-electron chi connectivity index (χ0n) is 34.7. The van der Waals surface area contributed by atoms with Gasteiger partial charge in [-0.25, -0.2) is 13.6 Å². The molecule has 5 fully saturated rings. The normalized spacial score (nSPS) is 35.1. The van der Waals surface area contributed by atoms with E-state index in [1.165, 1.54) is 25.5 Å². The van der Waals surface area contributed by atoms with Gasteiger partial charge in [0.2, 0.25) is 11.2 Å². The first kappa shape index (κ1) is 41.3. The van der Waals surface area contributed by atoms with Crippen molar-refractivity contribution in [1.82, 2.24) is 9.88 Å². The molecule has 1 unspecified atom stereocenters. The Morgan fingerprint density at radius 2 is 1.85 bits per heavy atom. The summed E-state index contributed by atoms with van der Waals surface area (Å²) < 4.78 is 53.6. The lowest BCUT2D eigenvalue weighted by atomic mass is 9.44. The summed E-state index contributed by atoms with van der Waals surface area (Å²) in [7, 11) is 1.42. The molecular weight excluding hydrogens is 765 g/mol. The second kappa shape index (κ2) is 14.6. The van der Waals surface area contributed by atoms with Crippen LogP contribution in [0.15, 0.2) is 40.9 Å². The smallest absolute Gasteiger partial charge is 0.344 e. The van der Waals surface area contributed by atoms with Crippen molar-refractivity contribution in [1.29, 1.82) is 0 Å². The number of nitrogens with one attached hydrogen (secondary N) is 1. The number of halogens is 2. The number of Topliss-reactive ketones (excluding diaryl/α,β-unsaturated/α-hetero) is 1. The number of hydrogen-bond donors (Lipinski definition) is 2. The Labute approximate surface area is 342 Å². The topological polar surface area (TPSA) is 153 Å². The molecule has 0 bridgehead atoms. The monoisotopic (exact) mass is 819 g/mol. The maximum Gasteiger partial charge on any atom is 0.344 e. The zero-order valence-corrected chi connectivity index (χ0v) is 34.7. The summed E-state index contributed by atoms with van der Waals surface area (Å²) in [4.78, 5) is 70.7. The van der Waals surface area contributed by atoms with Gasteiger partial charge in [0, 0.05) is 67.0 Å². The van der Waals surface area contributed by atoms with Crippen LogP contribution in [0, 0.1) is 34.4 Å². The minimum atomic E-state index is -2.18. The lowest BCUT2D eigenvalue weighted by molar-refractivity contribution is -0.228. The maximum atomic E-state index is 17.9. The molecule has 14 heteroatoms. The van der Waals surface area contributed by atoms with Crippen LogP contribution < -0.4 is 20.4 Å². The van der Waals surface area contributed by atoms with Crippen LogP contribution in [0.25, 0.3) is 10.9 Å². The highest BCUT2D eigenvalue weighted by Crippen LogP contribution is 2.71. The van der Waals surface area contributed by atoms with Gasteiger partial charge in [0.15, 0.2) is 35.2 Å². The van der Waals surface area contributed by atoms with E-state index in [9.17, 15) is 29.1 Å². The van der Waals surface area contributed by atoms with Crippen LogP contribution in [0.2, 0.25) is 0 Å². The third-order valence-corrected chi connectivity index (χ3v) is 14.9. The standard InChI is InChI=1S/C45H55F2N3O9/c1-7-8-36(54)59-45(24(2)17-32-31-12-9-26-18-28(51)13-14-42(26,4)44(31,47)34(52)20-43(32,45)5)35(53)23-58-41(56)30-22-50(27-10-11-27)37-29(39(30)55)19-33(46)38(40(37)57-6)49-16-15-48-25(3)21-49/h13-14,18-19,22,24-25,27,31-32,34,48,52H,7-12,15-17,20-21,23H2,1-6H3/t24-,25?,31-,32-,34-,42-,43-,44-,45-/m1/s1. The Morgan fingerprint density at radius 3 is 2.53 bits per heavy atom. The van der Waals surface area contributed by atoms with Crippen molar-refractivity contribution < 1.29 is 47.3 Å². The van der Waals surface area contributed by atoms with Crippen molar-refractivity contribution in [2.75, 3.05) is 38.3 Å². The van der Waals surface area contributed by atoms with E-state index in [-0.39, 0.29) is 54.0 Å². The molecule has 6 aliphatic rings. The summed E-state index contributed by atoms with van der Waals surface area (Å²) in [5.74, 6) is -5.14. The first-order chi connectivity index (χ1) is 28.0. The molecule has 2 aromatic rings. The third-order valence-electron chi connectivity index (χ3n) is 14.9. The van der Waals surface area contributed by atoms with Crippen molar-refractivity contribution >= 4 is 40.1 Å².